The van der Waals surface area contributed by atoms with Crippen LogP contribution in [-0.4, -0.2) is 12.6 Å². The highest BCUT2D eigenvalue weighted by Gasteiger charge is 2.18. The predicted molar refractivity (Wildman–Crippen MR) is 56.4 cm³/mol. The summed E-state index contributed by atoms with van der Waals surface area (Å²) >= 11 is 0. The molecule has 0 saturated heterocycles. The van der Waals surface area contributed by atoms with Gasteiger partial charge in [0.15, 0.2) is 0 Å². The second-order valence-electron chi connectivity index (χ2n) is 4.41. The molecule has 12 heavy (non-hydrogen) atoms. The lowest BCUT2D eigenvalue weighted by atomic mass is 9.90. The van der Waals surface area contributed by atoms with Crippen LogP contribution in [0, 0.1) is 5.92 Å². The molecule has 0 saturated carbocycles. The van der Waals surface area contributed by atoms with Gasteiger partial charge in [-0.3, -0.25) is 0 Å². The fourth-order valence-corrected chi connectivity index (χ4v) is 0.952. The Morgan fingerprint density at radius 2 is 1.92 bits per heavy atom. The molecular formula is C11H23N. The molecule has 0 fully saturated rings. The van der Waals surface area contributed by atoms with Crippen LogP contribution in [0.2, 0.25) is 0 Å². The van der Waals surface area contributed by atoms with Crippen LogP contribution in [0.3, 0.4) is 0 Å². The Hall–Kier alpha value is -0.300. The van der Waals surface area contributed by atoms with E-state index in [1.54, 1.807) is 0 Å². The molecule has 0 aliphatic heterocycles. The summed E-state index contributed by atoms with van der Waals surface area (Å²) in [6.07, 6.45) is 2.37. The van der Waals surface area contributed by atoms with Crippen LogP contribution in [0.4, 0.5) is 0 Å². The Morgan fingerprint density at radius 3 is 2.25 bits per heavy atom. The first-order chi connectivity index (χ1) is 5.40. The van der Waals surface area contributed by atoms with Crippen LogP contribution < -0.4 is 5.32 Å². The van der Waals surface area contributed by atoms with Gasteiger partial charge in [0, 0.05) is 5.54 Å². The molecule has 0 radical (unpaired) electrons. The number of hydrogen-bond acceptors (Lipinski definition) is 1. The van der Waals surface area contributed by atoms with Gasteiger partial charge in [0.1, 0.15) is 0 Å². The Balaban J connectivity index is 3.88. The zero-order chi connectivity index (χ0) is 9.78. The molecule has 72 valence electrons. The molecule has 0 amide bonds. The zero-order valence-electron chi connectivity index (χ0n) is 9.20. The van der Waals surface area contributed by atoms with Crippen LogP contribution in [0.25, 0.3) is 0 Å². The highest BCUT2D eigenvalue weighted by atomic mass is 14.9. The van der Waals surface area contributed by atoms with Gasteiger partial charge in [-0.25, -0.2) is 0 Å². The average molecular weight is 169 g/mol. The SMILES string of the molecule is C=C(CCC(C)C)C(C)(C)NC. The fraction of sp³-hybridized carbons (Fsp3) is 0.818. The molecule has 0 heterocycles. The van der Waals surface area contributed by atoms with Crippen molar-refractivity contribution < 1.29 is 0 Å². The molecule has 0 aromatic carbocycles. The molecule has 0 atom stereocenters. The van der Waals surface area contributed by atoms with Crippen LogP contribution in [-0.2, 0) is 0 Å². The van der Waals surface area contributed by atoms with E-state index < -0.39 is 0 Å². The van der Waals surface area contributed by atoms with Crippen molar-refractivity contribution in [2.24, 2.45) is 5.92 Å². The average Bonchev–Trinajstić information content (AvgIpc) is 2.00. The first-order valence-electron chi connectivity index (χ1n) is 4.77. The Kier molecular flexibility index (Phi) is 4.54. The van der Waals surface area contributed by atoms with Gasteiger partial charge in [-0.05, 0) is 39.7 Å². The molecule has 0 aromatic heterocycles. The number of likely N-dealkylation sites (N-methyl/N-ethyl adjacent to an activating group) is 1. The normalized spacial score (nSPS) is 12.2. The first-order valence-corrected chi connectivity index (χ1v) is 4.77. The topological polar surface area (TPSA) is 12.0 Å². The lowest BCUT2D eigenvalue weighted by molar-refractivity contribution is 0.461. The largest absolute Gasteiger partial charge is 0.311 e. The molecule has 0 spiro atoms. The minimum atomic E-state index is 0.0922. The van der Waals surface area contributed by atoms with Gasteiger partial charge in [0.05, 0.1) is 0 Å². The Bertz CT molecular complexity index is 145. The Labute approximate surface area is 77.2 Å². The third-order valence-corrected chi connectivity index (χ3v) is 2.53. The number of rotatable bonds is 5. The van der Waals surface area contributed by atoms with Crippen molar-refractivity contribution in [2.45, 2.75) is 46.1 Å². The minimum Gasteiger partial charge on any atom is -0.311 e. The lowest BCUT2D eigenvalue weighted by Crippen LogP contribution is -2.37. The standard InChI is InChI=1S/C11H23N/c1-9(2)7-8-10(3)11(4,5)12-6/h9,12H,3,7-8H2,1-2,4-6H3. The van der Waals surface area contributed by atoms with Gasteiger partial charge in [-0.2, -0.15) is 0 Å². The quantitative estimate of drug-likeness (QED) is 0.624. The fourth-order valence-electron chi connectivity index (χ4n) is 0.952. The smallest absolute Gasteiger partial charge is 0.0331 e. The van der Waals surface area contributed by atoms with E-state index in [9.17, 15) is 0 Å². The summed E-state index contributed by atoms with van der Waals surface area (Å²) in [6, 6.07) is 0. The van der Waals surface area contributed by atoms with E-state index >= 15 is 0 Å². The van der Waals surface area contributed by atoms with Crippen molar-refractivity contribution in [3.8, 4) is 0 Å². The molecule has 1 heteroatoms. The molecule has 0 aromatic rings. The number of nitrogens with one attached hydrogen (secondary N) is 1. The van der Waals surface area contributed by atoms with Crippen molar-refractivity contribution in [3.63, 3.8) is 0 Å². The van der Waals surface area contributed by atoms with E-state index in [2.05, 4.69) is 39.6 Å². The molecule has 0 aliphatic rings. The van der Waals surface area contributed by atoms with Gasteiger partial charge in [0.2, 0.25) is 0 Å². The molecule has 0 unspecified atom stereocenters. The third-order valence-electron chi connectivity index (χ3n) is 2.53. The summed E-state index contributed by atoms with van der Waals surface area (Å²) in [5.41, 5.74) is 1.40. The predicted octanol–water partition coefficient (Wildman–Crippen LogP) is 2.98. The molecule has 1 nitrogen and oxygen atoms in total. The first kappa shape index (κ1) is 11.7. The van der Waals surface area contributed by atoms with Gasteiger partial charge >= 0.3 is 0 Å². The van der Waals surface area contributed by atoms with Gasteiger partial charge < -0.3 is 5.32 Å². The van der Waals surface area contributed by atoms with Crippen LogP contribution in [0.5, 0.6) is 0 Å². The summed E-state index contributed by atoms with van der Waals surface area (Å²) in [5.74, 6) is 0.773. The molecule has 1 N–H and O–H groups in total. The Morgan fingerprint density at radius 1 is 1.42 bits per heavy atom. The van der Waals surface area contributed by atoms with Crippen molar-refractivity contribution >= 4 is 0 Å². The van der Waals surface area contributed by atoms with E-state index in [0.717, 1.165) is 12.3 Å². The zero-order valence-corrected chi connectivity index (χ0v) is 9.20. The monoisotopic (exact) mass is 169 g/mol. The van der Waals surface area contributed by atoms with Crippen molar-refractivity contribution in [1.82, 2.24) is 5.32 Å². The van der Waals surface area contributed by atoms with Gasteiger partial charge in [-0.15, -0.1) is 0 Å². The van der Waals surface area contributed by atoms with Crippen molar-refractivity contribution in [3.05, 3.63) is 12.2 Å². The lowest BCUT2D eigenvalue weighted by Gasteiger charge is -2.27. The molecular weight excluding hydrogens is 146 g/mol. The number of hydrogen-bond donors (Lipinski definition) is 1. The van der Waals surface area contributed by atoms with E-state index in [1.165, 1.54) is 12.0 Å². The molecule has 0 aliphatic carbocycles. The van der Waals surface area contributed by atoms with E-state index in [4.69, 9.17) is 0 Å². The maximum atomic E-state index is 4.11. The minimum absolute atomic E-state index is 0.0922. The second-order valence-corrected chi connectivity index (χ2v) is 4.41. The highest BCUT2D eigenvalue weighted by Crippen LogP contribution is 2.20. The van der Waals surface area contributed by atoms with Gasteiger partial charge in [-0.1, -0.05) is 26.0 Å². The highest BCUT2D eigenvalue weighted by molar-refractivity contribution is 5.12. The van der Waals surface area contributed by atoms with E-state index in [-0.39, 0.29) is 5.54 Å². The van der Waals surface area contributed by atoms with E-state index in [0.29, 0.717) is 0 Å². The summed E-state index contributed by atoms with van der Waals surface area (Å²) in [5, 5.41) is 3.27. The van der Waals surface area contributed by atoms with Crippen molar-refractivity contribution in [1.29, 1.82) is 0 Å². The van der Waals surface area contributed by atoms with Crippen LogP contribution in [0.1, 0.15) is 40.5 Å². The maximum absolute atomic E-state index is 4.11. The van der Waals surface area contributed by atoms with Crippen molar-refractivity contribution in [2.75, 3.05) is 7.05 Å². The molecule has 0 bridgehead atoms. The summed E-state index contributed by atoms with van der Waals surface area (Å²) in [7, 11) is 1.99. The summed E-state index contributed by atoms with van der Waals surface area (Å²) in [6.45, 7) is 13.0. The maximum Gasteiger partial charge on any atom is 0.0331 e. The summed E-state index contributed by atoms with van der Waals surface area (Å²) < 4.78 is 0. The molecule has 0 rings (SSSR count). The van der Waals surface area contributed by atoms with Crippen LogP contribution in [0.15, 0.2) is 12.2 Å². The second kappa shape index (κ2) is 4.66. The van der Waals surface area contributed by atoms with E-state index in [1.807, 2.05) is 7.05 Å². The van der Waals surface area contributed by atoms with Crippen LogP contribution >= 0.6 is 0 Å². The third kappa shape index (κ3) is 3.91. The summed E-state index contributed by atoms with van der Waals surface area (Å²) in [4.78, 5) is 0. The van der Waals surface area contributed by atoms with Gasteiger partial charge in [0.25, 0.3) is 0 Å².